The van der Waals surface area contributed by atoms with Crippen LogP contribution in [0.3, 0.4) is 0 Å². The normalized spacial score (nSPS) is 24.3. The molecule has 0 saturated carbocycles. The molecular weight excluding hydrogens is 352 g/mol. The highest BCUT2D eigenvalue weighted by molar-refractivity contribution is 5.96. The van der Waals surface area contributed by atoms with Crippen LogP contribution >= 0.6 is 0 Å². The van der Waals surface area contributed by atoms with Gasteiger partial charge in [0.15, 0.2) is 6.10 Å². The summed E-state index contributed by atoms with van der Waals surface area (Å²) in [6.45, 7) is 6.70. The first kappa shape index (κ1) is 21.0. The molecule has 0 aliphatic carbocycles. The average Bonchev–Trinajstić information content (AvgIpc) is 2.83. The summed E-state index contributed by atoms with van der Waals surface area (Å²) in [7, 11) is 3.14. The highest BCUT2D eigenvalue weighted by atomic mass is 16.6. The summed E-state index contributed by atoms with van der Waals surface area (Å²) in [6, 6.07) is 0. The van der Waals surface area contributed by atoms with Crippen molar-refractivity contribution in [3.63, 3.8) is 0 Å². The first-order chi connectivity index (χ1) is 12.7. The van der Waals surface area contributed by atoms with Crippen LogP contribution in [0.1, 0.15) is 33.6 Å². The number of rotatable bonds is 4. The number of carbonyl (C=O) groups excluding carboxylic acids is 4. The van der Waals surface area contributed by atoms with E-state index in [9.17, 15) is 19.2 Å². The Bertz CT molecular complexity index is 613. The van der Waals surface area contributed by atoms with E-state index in [1.165, 1.54) is 11.9 Å². The Hall–Kier alpha value is -2.32. The monoisotopic (exact) mass is 382 g/mol. The second-order valence-corrected chi connectivity index (χ2v) is 7.43. The Morgan fingerprint density at radius 1 is 1.26 bits per heavy atom. The largest absolute Gasteiger partial charge is 0.435 e. The van der Waals surface area contributed by atoms with Gasteiger partial charge in [0.2, 0.25) is 11.8 Å². The van der Waals surface area contributed by atoms with Crippen LogP contribution in [0.2, 0.25) is 0 Å². The van der Waals surface area contributed by atoms with E-state index >= 15 is 0 Å². The molecule has 2 fully saturated rings. The predicted octanol–water partition coefficient (Wildman–Crippen LogP) is -0.0475. The molecule has 2 aliphatic heterocycles. The van der Waals surface area contributed by atoms with Gasteiger partial charge in [-0.1, -0.05) is 13.8 Å². The third kappa shape index (κ3) is 3.72. The summed E-state index contributed by atoms with van der Waals surface area (Å²) in [5, 5.41) is 5.09. The highest BCUT2D eigenvalue weighted by Crippen LogP contribution is 2.44. The van der Waals surface area contributed by atoms with Gasteiger partial charge < -0.3 is 25.2 Å². The fraction of sp³-hybridized carbons (Fsp3) is 0.778. The maximum Gasteiger partial charge on any atom is 0.407 e. The molecule has 2 rings (SSSR count). The number of hydrogen-bond acceptors (Lipinski definition) is 5. The third-order valence-electron chi connectivity index (χ3n) is 5.64. The quantitative estimate of drug-likeness (QED) is 0.709. The smallest absolute Gasteiger partial charge is 0.407 e. The Kier molecular flexibility index (Phi) is 6.33. The molecule has 9 nitrogen and oxygen atoms in total. The predicted molar refractivity (Wildman–Crippen MR) is 97.7 cm³/mol. The van der Waals surface area contributed by atoms with Crippen LogP contribution in [0.25, 0.3) is 0 Å². The minimum Gasteiger partial charge on any atom is -0.435 e. The number of likely N-dealkylation sites (N-methyl/N-ethyl adjacent to an activating group) is 1. The van der Waals surface area contributed by atoms with Crippen molar-refractivity contribution in [3.05, 3.63) is 0 Å². The van der Waals surface area contributed by atoms with E-state index in [4.69, 9.17) is 4.74 Å². The summed E-state index contributed by atoms with van der Waals surface area (Å²) >= 11 is 0. The zero-order valence-electron chi connectivity index (χ0n) is 16.7. The molecular formula is C18H30N4O5. The van der Waals surface area contributed by atoms with Gasteiger partial charge in [0.1, 0.15) is 5.92 Å². The van der Waals surface area contributed by atoms with Crippen molar-refractivity contribution in [2.24, 2.45) is 11.8 Å². The summed E-state index contributed by atoms with van der Waals surface area (Å²) in [4.78, 5) is 53.0. The van der Waals surface area contributed by atoms with E-state index in [2.05, 4.69) is 10.6 Å². The molecule has 0 bridgehead atoms. The van der Waals surface area contributed by atoms with Gasteiger partial charge in [-0.15, -0.1) is 0 Å². The second-order valence-electron chi connectivity index (χ2n) is 7.43. The molecule has 9 heteroatoms. The lowest BCUT2D eigenvalue weighted by Crippen LogP contribution is -2.59. The summed E-state index contributed by atoms with van der Waals surface area (Å²) in [5.41, 5.74) is -0.776. The lowest BCUT2D eigenvalue weighted by Gasteiger charge is -2.46. The minimum atomic E-state index is -1.17. The van der Waals surface area contributed by atoms with Crippen LogP contribution in [-0.4, -0.2) is 79.0 Å². The standard InChI is InChI=1S/C18H30N4O5/c1-6-20-17(26)27-13-12(14(23)19-4)18(21(5)16(13)25)7-9-22(10-8-18)15(24)11(2)3/h11-13H,6-10H2,1-5H3,(H,19,23)(H,20,26)/t12-,13+/m0/s1. The SMILES string of the molecule is CCNC(=O)O[C@H]1C(=O)N(C)C2(CCN(C(=O)C(C)C)CC2)[C@@H]1C(=O)NC. The number of piperidine rings is 1. The fourth-order valence-electron chi connectivity index (χ4n) is 4.13. The molecule has 2 aliphatic rings. The number of carbonyl (C=O) groups is 4. The zero-order chi connectivity index (χ0) is 20.4. The number of nitrogens with zero attached hydrogens (tertiary/aromatic N) is 2. The molecule has 2 N–H and O–H groups in total. The Labute approximate surface area is 159 Å². The molecule has 152 valence electrons. The van der Waals surface area contributed by atoms with Gasteiger partial charge in [0.05, 0.1) is 5.54 Å². The molecule has 2 saturated heterocycles. The van der Waals surface area contributed by atoms with E-state index in [-0.39, 0.29) is 17.7 Å². The van der Waals surface area contributed by atoms with Crippen LogP contribution in [0.4, 0.5) is 4.79 Å². The van der Waals surface area contributed by atoms with Crippen molar-refractivity contribution >= 4 is 23.8 Å². The van der Waals surface area contributed by atoms with E-state index in [1.807, 2.05) is 13.8 Å². The third-order valence-corrected chi connectivity index (χ3v) is 5.64. The molecule has 4 amide bonds. The van der Waals surface area contributed by atoms with Crippen molar-refractivity contribution in [1.82, 2.24) is 20.4 Å². The van der Waals surface area contributed by atoms with E-state index in [0.717, 1.165) is 0 Å². The molecule has 0 aromatic carbocycles. The van der Waals surface area contributed by atoms with Gasteiger partial charge >= 0.3 is 6.09 Å². The maximum atomic E-state index is 12.8. The molecule has 0 aromatic heterocycles. The number of amides is 4. The van der Waals surface area contributed by atoms with Gasteiger partial charge in [-0.2, -0.15) is 0 Å². The van der Waals surface area contributed by atoms with Crippen molar-refractivity contribution in [2.45, 2.75) is 45.3 Å². The van der Waals surface area contributed by atoms with Crippen molar-refractivity contribution in [1.29, 1.82) is 0 Å². The molecule has 27 heavy (non-hydrogen) atoms. The number of hydrogen-bond donors (Lipinski definition) is 2. The van der Waals surface area contributed by atoms with Crippen LogP contribution in [0, 0.1) is 11.8 Å². The van der Waals surface area contributed by atoms with Gasteiger partial charge in [-0.25, -0.2) is 4.79 Å². The van der Waals surface area contributed by atoms with Gasteiger partial charge in [-0.3, -0.25) is 14.4 Å². The average molecular weight is 382 g/mol. The van der Waals surface area contributed by atoms with Crippen molar-refractivity contribution in [2.75, 3.05) is 33.7 Å². The Morgan fingerprint density at radius 3 is 2.33 bits per heavy atom. The van der Waals surface area contributed by atoms with Crippen LogP contribution in [0.5, 0.6) is 0 Å². The first-order valence-corrected chi connectivity index (χ1v) is 9.42. The molecule has 1 spiro atoms. The lowest BCUT2D eigenvalue weighted by atomic mass is 9.75. The molecule has 0 aromatic rings. The number of likely N-dealkylation sites (tertiary alicyclic amines) is 2. The summed E-state index contributed by atoms with van der Waals surface area (Å²) in [6.07, 6.45) is -0.973. The summed E-state index contributed by atoms with van der Waals surface area (Å²) < 4.78 is 5.33. The second kappa shape index (κ2) is 8.14. The number of alkyl carbamates (subject to hydrolysis) is 1. The molecule has 0 radical (unpaired) electrons. The van der Waals surface area contributed by atoms with Gasteiger partial charge in [0.25, 0.3) is 5.91 Å². The topological polar surface area (TPSA) is 108 Å². The highest BCUT2D eigenvalue weighted by Gasteiger charge is 2.62. The summed E-state index contributed by atoms with van der Waals surface area (Å²) in [5.74, 6) is -1.60. The molecule has 2 atom stereocenters. The molecule has 2 heterocycles. The fourth-order valence-corrected chi connectivity index (χ4v) is 4.13. The van der Waals surface area contributed by atoms with Gasteiger partial charge in [0, 0.05) is 39.6 Å². The van der Waals surface area contributed by atoms with E-state index in [0.29, 0.717) is 32.5 Å². The first-order valence-electron chi connectivity index (χ1n) is 9.42. The van der Waals surface area contributed by atoms with Crippen LogP contribution in [-0.2, 0) is 19.1 Å². The Balaban J connectivity index is 2.29. The number of ether oxygens (including phenoxy) is 1. The maximum absolute atomic E-state index is 12.8. The van der Waals surface area contributed by atoms with Crippen LogP contribution in [0.15, 0.2) is 0 Å². The minimum absolute atomic E-state index is 0.0587. The zero-order valence-corrected chi connectivity index (χ0v) is 16.7. The number of nitrogens with one attached hydrogen (secondary N) is 2. The Morgan fingerprint density at radius 2 is 1.85 bits per heavy atom. The van der Waals surface area contributed by atoms with Crippen molar-refractivity contribution in [3.8, 4) is 0 Å². The van der Waals surface area contributed by atoms with Crippen molar-refractivity contribution < 1.29 is 23.9 Å². The van der Waals surface area contributed by atoms with Gasteiger partial charge in [-0.05, 0) is 19.8 Å². The van der Waals surface area contributed by atoms with Crippen LogP contribution < -0.4 is 10.6 Å². The lowest BCUT2D eigenvalue weighted by molar-refractivity contribution is -0.139. The van der Waals surface area contributed by atoms with E-state index < -0.39 is 29.6 Å². The van der Waals surface area contributed by atoms with E-state index in [1.54, 1.807) is 18.9 Å². The molecule has 0 unspecified atom stereocenters.